The monoisotopic (exact) mass is 933 g/mol. The molecule has 19 unspecified atom stereocenters. The fraction of sp³-hybridized carbons (Fsp3) is 0.915. The fourth-order valence-electron chi connectivity index (χ4n) is 12.2. The van der Waals surface area contributed by atoms with Crippen LogP contribution in [0, 0.1) is 16.2 Å². The van der Waals surface area contributed by atoms with Crippen LogP contribution in [0.25, 0.3) is 0 Å². The van der Waals surface area contributed by atoms with Crippen molar-refractivity contribution in [1.29, 1.82) is 0 Å². The summed E-state index contributed by atoms with van der Waals surface area (Å²) in [5.74, 6) is -4.62. The highest BCUT2D eigenvalue weighted by Gasteiger charge is 2.84. The maximum atomic E-state index is 13.7. The molecule has 0 bridgehead atoms. The van der Waals surface area contributed by atoms with E-state index in [0.29, 0.717) is 18.9 Å². The van der Waals surface area contributed by atoms with E-state index in [2.05, 4.69) is 0 Å². The standard InChI is InChI=1S/C47H80O18/c1-29(2)30(3,25-49)23-33(6,37(10,53)36(29,9)52)63-45(18)34(7,27-51)64-47(20,43(16,59)41(45,14)57)65-44(17)31(4,26-50)24-32(5,38(11,54)40(44,13)56)62-35(8)28(22-48)61-46(19,60-21)42(15,58)39(35,12)55/h22,25-28,52-59H,23-24H2,1-21H3. The Balaban J connectivity index is 1.93. The molecule has 2 heterocycles. The Morgan fingerprint density at radius 1 is 0.446 bits per heavy atom. The van der Waals surface area contributed by atoms with Crippen LogP contribution in [0.15, 0.2) is 0 Å². The average molecular weight is 933 g/mol. The smallest absolute Gasteiger partial charge is 0.199 e. The van der Waals surface area contributed by atoms with Gasteiger partial charge in [-0.2, -0.15) is 0 Å². The van der Waals surface area contributed by atoms with Crippen LogP contribution in [0.1, 0.15) is 151 Å². The van der Waals surface area contributed by atoms with Gasteiger partial charge in [0.1, 0.15) is 74.7 Å². The van der Waals surface area contributed by atoms with E-state index in [1.165, 1.54) is 90.2 Å². The molecule has 0 spiro atoms. The van der Waals surface area contributed by atoms with Crippen molar-refractivity contribution in [2.75, 3.05) is 7.11 Å². The van der Waals surface area contributed by atoms with Crippen LogP contribution >= 0.6 is 0 Å². The Labute approximate surface area is 383 Å². The van der Waals surface area contributed by atoms with Crippen LogP contribution < -0.4 is 0 Å². The predicted octanol–water partition coefficient (Wildman–Crippen LogP) is 1.75. The van der Waals surface area contributed by atoms with Gasteiger partial charge in [0.15, 0.2) is 29.7 Å². The van der Waals surface area contributed by atoms with Gasteiger partial charge in [0.05, 0.1) is 22.2 Å². The zero-order valence-corrected chi connectivity index (χ0v) is 42.5. The van der Waals surface area contributed by atoms with Crippen LogP contribution in [0.2, 0.25) is 0 Å². The van der Waals surface area contributed by atoms with Crippen molar-refractivity contribution >= 4 is 25.1 Å². The average Bonchev–Trinajstić information content (AvgIpc) is 3.16. The molecule has 2 saturated carbocycles. The van der Waals surface area contributed by atoms with Crippen molar-refractivity contribution in [2.45, 2.75) is 247 Å². The Morgan fingerprint density at radius 2 is 0.846 bits per heavy atom. The van der Waals surface area contributed by atoms with Gasteiger partial charge in [-0.1, -0.05) is 20.8 Å². The summed E-state index contributed by atoms with van der Waals surface area (Å²) < 4.78 is 38.2. The van der Waals surface area contributed by atoms with Crippen LogP contribution in [-0.4, -0.2) is 169 Å². The molecule has 4 aliphatic rings. The van der Waals surface area contributed by atoms with Gasteiger partial charge < -0.3 is 88.5 Å². The van der Waals surface area contributed by atoms with Crippen molar-refractivity contribution in [3.63, 3.8) is 0 Å². The van der Waals surface area contributed by atoms with Gasteiger partial charge in [-0.15, -0.1) is 0 Å². The number of aldehydes is 4. The molecule has 65 heavy (non-hydrogen) atoms. The first-order valence-corrected chi connectivity index (χ1v) is 22.1. The van der Waals surface area contributed by atoms with Crippen LogP contribution in [0.4, 0.5) is 0 Å². The van der Waals surface area contributed by atoms with E-state index in [-0.39, 0.29) is 12.7 Å². The van der Waals surface area contributed by atoms with Gasteiger partial charge in [-0.3, -0.25) is 0 Å². The highest BCUT2D eigenvalue weighted by molar-refractivity contribution is 5.67. The predicted molar refractivity (Wildman–Crippen MR) is 232 cm³/mol. The number of hydrogen-bond acceptors (Lipinski definition) is 18. The number of aliphatic hydroxyl groups is 8. The van der Waals surface area contributed by atoms with Crippen LogP contribution in [0.3, 0.4) is 0 Å². The minimum absolute atomic E-state index is 0.262. The summed E-state index contributed by atoms with van der Waals surface area (Å²) in [6.45, 7) is 26.0. The molecular formula is C47H80O18. The zero-order valence-electron chi connectivity index (χ0n) is 42.5. The molecule has 2 aliphatic heterocycles. The first kappa shape index (κ1) is 55.7. The lowest BCUT2D eigenvalue weighted by Crippen LogP contribution is -2.90. The summed E-state index contributed by atoms with van der Waals surface area (Å²) in [6.07, 6.45) is -0.863. The molecule has 4 rings (SSSR count). The molecular weight excluding hydrogens is 852 g/mol. The maximum absolute atomic E-state index is 13.7. The van der Waals surface area contributed by atoms with Crippen molar-refractivity contribution in [1.82, 2.24) is 0 Å². The van der Waals surface area contributed by atoms with E-state index in [4.69, 9.17) is 28.4 Å². The Hall–Kier alpha value is -1.88. The highest BCUT2D eigenvalue weighted by atomic mass is 16.8. The molecule has 376 valence electrons. The van der Waals surface area contributed by atoms with Gasteiger partial charge in [0, 0.05) is 17.9 Å². The highest BCUT2D eigenvalue weighted by Crippen LogP contribution is 2.68. The second kappa shape index (κ2) is 14.4. The Bertz CT molecular complexity index is 1960. The molecule has 2 aliphatic carbocycles. The van der Waals surface area contributed by atoms with Gasteiger partial charge in [0.2, 0.25) is 0 Å². The third kappa shape index (κ3) is 5.96. The van der Waals surface area contributed by atoms with E-state index in [1.54, 1.807) is 20.8 Å². The summed E-state index contributed by atoms with van der Waals surface area (Å²) in [4.78, 5) is 53.0. The van der Waals surface area contributed by atoms with Crippen molar-refractivity contribution in [3.8, 4) is 0 Å². The topological polar surface area (TPSA) is 286 Å². The van der Waals surface area contributed by atoms with E-state index in [9.17, 15) is 60.0 Å². The van der Waals surface area contributed by atoms with Gasteiger partial charge >= 0.3 is 0 Å². The first-order chi connectivity index (χ1) is 28.4. The molecule has 0 aromatic rings. The van der Waals surface area contributed by atoms with E-state index in [1.807, 2.05) is 0 Å². The van der Waals surface area contributed by atoms with Crippen LogP contribution in [0.5, 0.6) is 0 Å². The van der Waals surface area contributed by atoms with Gasteiger partial charge in [-0.25, -0.2) is 0 Å². The van der Waals surface area contributed by atoms with Crippen molar-refractivity contribution in [3.05, 3.63) is 0 Å². The number of carbonyl (C=O) groups excluding carboxylic acids is 4. The lowest BCUT2D eigenvalue weighted by molar-refractivity contribution is -0.498. The molecule has 18 heteroatoms. The maximum Gasteiger partial charge on any atom is 0.199 e. The summed E-state index contributed by atoms with van der Waals surface area (Å²) in [5, 5.41) is 100. The summed E-state index contributed by atoms with van der Waals surface area (Å²) in [6, 6.07) is 0. The normalized spacial score (nSPS) is 60.5. The van der Waals surface area contributed by atoms with E-state index >= 15 is 0 Å². The van der Waals surface area contributed by atoms with E-state index < -0.39 is 119 Å². The molecule has 0 radical (unpaired) electrons. The lowest BCUT2D eigenvalue weighted by Gasteiger charge is -2.73. The minimum atomic E-state index is -2.75. The number of hydrogen-bond donors (Lipinski definition) is 8. The second-order valence-corrected chi connectivity index (χ2v) is 23.7. The fourth-order valence-corrected chi connectivity index (χ4v) is 12.2. The molecule has 2 saturated heterocycles. The first-order valence-electron chi connectivity index (χ1n) is 22.1. The molecule has 0 aromatic carbocycles. The summed E-state index contributed by atoms with van der Waals surface area (Å²) in [7, 11) is 1.20. The third-order valence-electron chi connectivity index (χ3n) is 20.4. The van der Waals surface area contributed by atoms with E-state index in [0.717, 1.165) is 34.6 Å². The molecule has 18 nitrogen and oxygen atoms in total. The number of carbonyl (C=O) groups is 4. The number of ether oxygens (including phenoxy) is 6. The SMILES string of the molecule is COC1(C)OC(C=O)C(C)(OC2(C)CC(C)(C=O)C(C)(OC3(C)OC(C)(C=O)C(C)(OC4(C)CC(C)(C=O)C(C)(C)C(C)(O)C4(C)O)C(C)(O)C3(C)O)C(C)(O)C2(C)O)C(C)(O)C1(C)O. The number of rotatable bonds is 11. The number of methoxy groups -OCH3 is 1. The Kier molecular flexibility index (Phi) is 12.3. The lowest BCUT2D eigenvalue weighted by atomic mass is 9.44. The van der Waals surface area contributed by atoms with Gasteiger partial charge in [0.25, 0.3) is 0 Å². The summed E-state index contributed by atoms with van der Waals surface area (Å²) in [5.41, 5.74) is -38.1. The van der Waals surface area contributed by atoms with Crippen molar-refractivity contribution < 1.29 is 88.5 Å². The molecule has 0 amide bonds. The third-order valence-corrected chi connectivity index (χ3v) is 20.4. The molecule has 8 N–H and O–H groups in total. The summed E-state index contributed by atoms with van der Waals surface area (Å²) >= 11 is 0. The quantitative estimate of drug-likeness (QED) is 0.137. The molecule has 0 aromatic heterocycles. The zero-order chi connectivity index (χ0) is 51.6. The van der Waals surface area contributed by atoms with Gasteiger partial charge in [-0.05, 0) is 131 Å². The molecule has 4 fully saturated rings. The Morgan fingerprint density at radius 3 is 1.26 bits per heavy atom. The van der Waals surface area contributed by atoms with Crippen LogP contribution in [-0.2, 0) is 47.6 Å². The van der Waals surface area contributed by atoms with Crippen molar-refractivity contribution in [2.24, 2.45) is 16.2 Å². The molecule has 19 atom stereocenters. The largest absolute Gasteiger partial charge is 0.386 e. The minimum Gasteiger partial charge on any atom is -0.386 e. The second-order valence-electron chi connectivity index (χ2n) is 23.7.